The topological polar surface area (TPSA) is 59.1 Å². The summed E-state index contributed by atoms with van der Waals surface area (Å²) in [7, 11) is 0. The van der Waals surface area contributed by atoms with Crippen molar-refractivity contribution in [3.8, 4) is 11.5 Å². The van der Waals surface area contributed by atoms with Crippen LogP contribution in [0.1, 0.15) is 0 Å². The Morgan fingerprint density at radius 3 is 1.32 bits per heavy atom. The van der Waals surface area contributed by atoms with Gasteiger partial charge in [0.2, 0.25) is 0 Å². The average Bonchev–Trinajstić information content (AvgIpc) is 2.72. The molecule has 1 heterocycles. The quantitative estimate of drug-likeness (QED) is 0.596. The molecule has 2 amide bonds. The molecule has 0 atom stereocenters. The maximum atomic E-state index is 12.3. The number of carbonyl (C=O) groups is 2. The molecule has 0 aliphatic carbocycles. The van der Waals surface area contributed by atoms with Gasteiger partial charge in [0.25, 0.3) is 11.8 Å². The van der Waals surface area contributed by atoms with Crippen LogP contribution in [0.15, 0.2) is 57.5 Å². The van der Waals surface area contributed by atoms with Crippen molar-refractivity contribution in [2.24, 2.45) is 0 Å². The first-order valence-electron chi connectivity index (χ1n) is 8.83. The van der Waals surface area contributed by atoms with Crippen LogP contribution in [-0.4, -0.2) is 61.0 Å². The summed E-state index contributed by atoms with van der Waals surface area (Å²) in [5.41, 5.74) is 0. The highest BCUT2D eigenvalue weighted by atomic mass is 79.9. The molecule has 8 heteroatoms. The molecule has 28 heavy (non-hydrogen) atoms. The van der Waals surface area contributed by atoms with E-state index in [1.165, 1.54) is 0 Å². The smallest absolute Gasteiger partial charge is 0.260 e. The first kappa shape index (κ1) is 20.7. The predicted octanol–water partition coefficient (Wildman–Crippen LogP) is 3.34. The number of hydrogen-bond donors (Lipinski definition) is 0. The third-order valence-electron chi connectivity index (χ3n) is 4.34. The van der Waals surface area contributed by atoms with Crippen molar-refractivity contribution < 1.29 is 19.1 Å². The molecule has 0 spiro atoms. The maximum absolute atomic E-state index is 12.3. The fraction of sp³-hybridized carbons (Fsp3) is 0.300. The molecule has 1 fully saturated rings. The molecule has 1 saturated heterocycles. The molecule has 0 bridgehead atoms. The number of halogens is 2. The van der Waals surface area contributed by atoms with Crippen molar-refractivity contribution in [2.75, 3.05) is 39.4 Å². The SMILES string of the molecule is O=C(COc1ccc(Br)cc1)N1CCN(C(=O)COc2ccc(Br)cc2)CC1. The monoisotopic (exact) mass is 510 g/mol. The lowest BCUT2D eigenvalue weighted by Crippen LogP contribution is -2.52. The Kier molecular flexibility index (Phi) is 7.33. The number of benzene rings is 2. The lowest BCUT2D eigenvalue weighted by molar-refractivity contribution is -0.141. The summed E-state index contributed by atoms with van der Waals surface area (Å²) in [6.07, 6.45) is 0. The number of amides is 2. The summed E-state index contributed by atoms with van der Waals surface area (Å²) in [5, 5.41) is 0. The van der Waals surface area contributed by atoms with Crippen molar-refractivity contribution in [2.45, 2.75) is 0 Å². The molecule has 0 saturated carbocycles. The van der Waals surface area contributed by atoms with Gasteiger partial charge in [-0.3, -0.25) is 9.59 Å². The van der Waals surface area contributed by atoms with Gasteiger partial charge in [0.15, 0.2) is 13.2 Å². The minimum Gasteiger partial charge on any atom is -0.484 e. The van der Waals surface area contributed by atoms with Gasteiger partial charge in [0.1, 0.15) is 11.5 Å². The fourth-order valence-electron chi connectivity index (χ4n) is 2.74. The molecule has 148 valence electrons. The molecule has 3 rings (SSSR count). The molecule has 1 aliphatic rings. The molecule has 6 nitrogen and oxygen atoms in total. The van der Waals surface area contributed by atoms with Crippen LogP contribution >= 0.6 is 31.9 Å². The van der Waals surface area contributed by atoms with Crippen LogP contribution in [0.25, 0.3) is 0 Å². The van der Waals surface area contributed by atoms with Crippen LogP contribution in [0.3, 0.4) is 0 Å². The Labute approximate surface area is 180 Å². The molecule has 2 aromatic carbocycles. The van der Waals surface area contributed by atoms with Gasteiger partial charge in [-0.2, -0.15) is 0 Å². The zero-order valence-electron chi connectivity index (χ0n) is 15.1. The van der Waals surface area contributed by atoms with E-state index in [4.69, 9.17) is 9.47 Å². The van der Waals surface area contributed by atoms with Gasteiger partial charge in [-0.1, -0.05) is 31.9 Å². The maximum Gasteiger partial charge on any atom is 0.260 e. The van der Waals surface area contributed by atoms with Crippen LogP contribution < -0.4 is 9.47 Å². The lowest BCUT2D eigenvalue weighted by atomic mass is 10.3. The Morgan fingerprint density at radius 2 is 1.00 bits per heavy atom. The van der Waals surface area contributed by atoms with Crippen molar-refractivity contribution in [3.63, 3.8) is 0 Å². The first-order chi connectivity index (χ1) is 13.5. The summed E-state index contributed by atoms with van der Waals surface area (Å²) in [6, 6.07) is 14.7. The minimum atomic E-state index is -0.0823. The standard InChI is InChI=1S/C20H20Br2N2O4/c21-15-1-5-17(6-2-15)27-13-19(25)23-9-11-24(12-10-23)20(26)14-28-18-7-3-16(22)4-8-18/h1-8H,9-14H2. The van der Waals surface area contributed by atoms with Crippen molar-refractivity contribution in [1.29, 1.82) is 0 Å². The van der Waals surface area contributed by atoms with Crippen molar-refractivity contribution in [3.05, 3.63) is 57.5 Å². The Hall–Kier alpha value is -2.06. The predicted molar refractivity (Wildman–Crippen MR) is 112 cm³/mol. The minimum absolute atomic E-state index is 0.0117. The summed E-state index contributed by atoms with van der Waals surface area (Å²) >= 11 is 6.72. The zero-order valence-corrected chi connectivity index (χ0v) is 18.3. The third kappa shape index (κ3) is 5.97. The molecule has 0 N–H and O–H groups in total. The average molecular weight is 512 g/mol. The van der Waals surface area contributed by atoms with E-state index in [2.05, 4.69) is 31.9 Å². The number of hydrogen-bond acceptors (Lipinski definition) is 4. The molecule has 1 aliphatic heterocycles. The zero-order chi connectivity index (χ0) is 19.9. The van der Waals surface area contributed by atoms with E-state index in [0.717, 1.165) is 8.95 Å². The van der Waals surface area contributed by atoms with Crippen LogP contribution in [0, 0.1) is 0 Å². The van der Waals surface area contributed by atoms with Crippen molar-refractivity contribution >= 4 is 43.7 Å². The van der Waals surface area contributed by atoms with Crippen LogP contribution in [0.4, 0.5) is 0 Å². The summed E-state index contributed by atoms with van der Waals surface area (Å²) in [6.45, 7) is 1.95. The van der Waals surface area contributed by atoms with Gasteiger partial charge < -0.3 is 19.3 Å². The van der Waals surface area contributed by atoms with E-state index in [-0.39, 0.29) is 25.0 Å². The van der Waals surface area contributed by atoms with Gasteiger partial charge in [-0.15, -0.1) is 0 Å². The molecule has 0 aromatic heterocycles. The first-order valence-corrected chi connectivity index (χ1v) is 10.4. The molecule has 2 aromatic rings. The van der Waals surface area contributed by atoms with E-state index in [1.807, 2.05) is 24.3 Å². The Morgan fingerprint density at radius 1 is 0.679 bits per heavy atom. The van der Waals surface area contributed by atoms with Gasteiger partial charge in [0, 0.05) is 35.1 Å². The van der Waals surface area contributed by atoms with E-state index in [9.17, 15) is 9.59 Å². The number of nitrogens with zero attached hydrogens (tertiary/aromatic N) is 2. The molecule has 0 unspecified atom stereocenters. The number of carbonyl (C=O) groups excluding carboxylic acids is 2. The van der Waals surface area contributed by atoms with E-state index in [1.54, 1.807) is 34.1 Å². The largest absolute Gasteiger partial charge is 0.484 e. The Bertz CT molecular complexity index is 734. The van der Waals surface area contributed by atoms with Gasteiger partial charge in [0.05, 0.1) is 0 Å². The van der Waals surface area contributed by atoms with E-state index >= 15 is 0 Å². The van der Waals surface area contributed by atoms with Crippen LogP contribution in [0.5, 0.6) is 11.5 Å². The van der Waals surface area contributed by atoms with Crippen LogP contribution in [-0.2, 0) is 9.59 Å². The lowest BCUT2D eigenvalue weighted by Gasteiger charge is -2.34. The van der Waals surface area contributed by atoms with Gasteiger partial charge >= 0.3 is 0 Å². The van der Waals surface area contributed by atoms with Gasteiger partial charge in [-0.25, -0.2) is 0 Å². The summed E-state index contributed by atoms with van der Waals surface area (Å²) in [5.74, 6) is 1.13. The van der Waals surface area contributed by atoms with Crippen molar-refractivity contribution in [1.82, 2.24) is 9.80 Å². The highest BCUT2D eigenvalue weighted by Gasteiger charge is 2.24. The summed E-state index contributed by atoms with van der Waals surface area (Å²) in [4.78, 5) is 28.1. The number of piperazine rings is 1. The van der Waals surface area contributed by atoms with E-state index < -0.39 is 0 Å². The number of ether oxygens (including phenoxy) is 2. The fourth-order valence-corrected chi connectivity index (χ4v) is 3.27. The number of rotatable bonds is 6. The molecular formula is C20H20Br2N2O4. The van der Waals surface area contributed by atoms with Gasteiger partial charge in [-0.05, 0) is 48.5 Å². The highest BCUT2D eigenvalue weighted by Crippen LogP contribution is 2.17. The normalized spacial score (nSPS) is 13.9. The molecule has 0 radical (unpaired) electrons. The second-order valence-electron chi connectivity index (χ2n) is 6.25. The second-order valence-corrected chi connectivity index (χ2v) is 8.08. The third-order valence-corrected chi connectivity index (χ3v) is 5.39. The van der Waals surface area contributed by atoms with Crippen LogP contribution in [0.2, 0.25) is 0 Å². The van der Waals surface area contributed by atoms with E-state index in [0.29, 0.717) is 37.7 Å². The highest BCUT2D eigenvalue weighted by molar-refractivity contribution is 9.10. The summed E-state index contributed by atoms with van der Waals surface area (Å²) < 4.78 is 13.0. The second kappa shape index (κ2) is 9.93. The molecular weight excluding hydrogens is 492 g/mol. The Balaban J connectivity index is 1.39.